The van der Waals surface area contributed by atoms with Gasteiger partial charge in [0.1, 0.15) is 5.75 Å². The SMILES string of the molecule is CCCC(=O)Nc1ccc(C(=O)NNC(=O)COc2ccc(-c3ccccc3)cc2)cc1. The quantitative estimate of drug-likeness (QED) is 0.471. The van der Waals surface area contributed by atoms with Crippen LogP contribution >= 0.6 is 0 Å². The zero-order valence-electron chi connectivity index (χ0n) is 17.8. The van der Waals surface area contributed by atoms with Gasteiger partial charge in [0, 0.05) is 17.7 Å². The number of rotatable bonds is 8. The van der Waals surface area contributed by atoms with E-state index in [1.807, 2.05) is 49.4 Å². The third-order valence-corrected chi connectivity index (χ3v) is 4.55. The van der Waals surface area contributed by atoms with E-state index in [1.165, 1.54) is 0 Å². The topological polar surface area (TPSA) is 96.5 Å². The summed E-state index contributed by atoms with van der Waals surface area (Å²) in [5.74, 6) is -0.496. The molecule has 0 atom stereocenters. The molecule has 0 aromatic heterocycles. The van der Waals surface area contributed by atoms with Crippen LogP contribution in [0.5, 0.6) is 5.75 Å². The molecule has 7 nitrogen and oxygen atoms in total. The van der Waals surface area contributed by atoms with Gasteiger partial charge in [-0.05, 0) is 53.9 Å². The van der Waals surface area contributed by atoms with Crippen LogP contribution in [0.2, 0.25) is 0 Å². The molecule has 3 aromatic rings. The van der Waals surface area contributed by atoms with E-state index in [1.54, 1.807) is 36.4 Å². The van der Waals surface area contributed by atoms with Gasteiger partial charge in [-0.25, -0.2) is 0 Å². The van der Waals surface area contributed by atoms with Crippen LogP contribution in [-0.4, -0.2) is 24.3 Å². The van der Waals surface area contributed by atoms with Crippen molar-refractivity contribution in [1.29, 1.82) is 0 Å². The van der Waals surface area contributed by atoms with E-state index in [0.717, 1.165) is 17.5 Å². The molecule has 0 radical (unpaired) electrons. The number of carbonyl (C=O) groups is 3. The summed E-state index contributed by atoms with van der Waals surface area (Å²) in [7, 11) is 0. The normalized spacial score (nSPS) is 10.2. The maximum absolute atomic E-state index is 12.2. The van der Waals surface area contributed by atoms with Crippen LogP contribution in [0.4, 0.5) is 5.69 Å². The molecule has 3 amide bonds. The first-order valence-corrected chi connectivity index (χ1v) is 10.3. The Balaban J connectivity index is 1.42. The highest BCUT2D eigenvalue weighted by atomic mass is 16.5. The molecular weight excluding hydrogens is 406 g/mol. The summed E-state index contributed by atoms with van der Waals surface area (Å²) in [5.41, 5.74) is 7.75. The Morgan fingerprint density at radius 3 is 2.06 bits per heavy atom. The van der Waals surface area contributed by atoms with Crippen molar-refractivity contribution in [2.75, 3.05) is 11.9 Å². The first-order valence-electron chi connectivity index (χ1n) is 10.3. The highest BCUT2D eigenvalue weighted by Gasteiger charge is 2.09. The third-order valence-electron chi connectivity index (χ3n) is 4.55. The van der Waals surface area contributed by atoms with Crippen molar-refractivity contribution in [1.82, 2.24) is 10.9 Å². The molecular formula is C25H25N3O4. The molecule has 0 saturated heterocycles. The first kappa shape index (κ1) is 22.6. The van der Waals surface area contributed by atoms with Gasteiger partial charge in [-0.1, -0.05) is 49.4 Å². The lowest BCUT2D eigenvalue weighted by atomic mass is 10.1. The summed E-state index contributed by atoms with van der Waals surface area (Å²) >= 11 is 0. The van der Waals surface area contributed by atoms with Crippen molar-refractivity contribution >= 4 is 23.4 Å². The standard InChI is InChI=1S/C25H25N3O4/c1-2-6-23(29)26-21-13-9-20(10-14-21)25(31)28-27-24(30)17-32-22-15-11-19(12-16-22)18-7-4-3-5-8-18/h3-5,7-16H,2,6,17H2,1H3,(H,26,29)(H,27,30)(H,28,31). The lowest BCUT2D eigenvalue weighted by Gasteiger charge is -2.10. The molecule has 3 N–H and O–H groups in total. The molecule has 3 rings (SSSR count). The second-order valence-corrected chi connectivity index (χ2v) is 7.06. The van der Waals surface area contributed by atoms with Gasteiger partial charge in [0.15, 0.2) is 6.61 Å². The van der Waals surface area contributed by atoms with Crippen LogP contribution in [-0.2, 0) is 9.59 Å². The van der Waals surface area contributed by atoms with Gasteiger partial charge in [0.05, 0.1) is 0 Å². The summed E-state index contributed by atoms with van der Waals surface area (Å²) in [6.45, 7) is 1.68. The highest BCUT2D eigenvalue weighted by molar-refractivity contribution is 5.96. The Labute approximate surface area is 186 Å². The number of carbonyl (C=O) groups excluding carboxylic acids is 3. The molecule has 0 aliphatic heterocycles. The van der Waals surface area contributed by atoms with Crippen LogP contribution in [0.1, 0.15) is 30.1 Å². The second kappa shape index (κ2) is 11.3. The fraction of sp³-hybridized carbons (Fsp3) is 0.160. The van der Waals surface area contributed by atoms with Gasteiger partial charge in [-0.3, -0.25) is 25.2 Å². The number of hydrogen-bond acceptors (Lipinski definition) is 4. The van der Waals surface area contributed by atoms with Crippen LogP contribution in [0.25, 0.3) is 11.1 Å². The Hall–Kier alpha value is -4.13. The lowest BCUT2D eigenvalue weighted by molar-refractivity contribution is -0.123. The Kier molecular flexibility index (Phi) is 7.97. The number of hydrogen-bond donors (Lipinski definition) is 3. The van der Waals surface area contributed by atoms with E-state index in [2.05, 4.69) is 16.2 Å². The van der Waals surface area contributed by atoms with Crippen molar-refractivity contribution in [3.05, 3.63) is 84.4 Å². The van der Waals surface area contributed by atoms with Gasteiger partial charge in [-0.2, -0.15) is 0 Å². The van der Waals surface area contributed by atoms with E-state index in [-0.39, 0.29) is 12.5 Å². The fourth-order valence-electron chi connectivity index (χ4n) is 2.91. The van der Waals surface area contributed by atoms with Crippen LogP contribution in [0, 0.1) is 0 Å². The largest absolute Gasteiger partial charge is 0.484 e. The monoisotopic (exact) mass is 431 g/mol. The molecule has 0 saturated carbocycles. The van der Waals surface area contributed by atoms with Crippen LogP contribution in [0.15, 0.2) is 78.9 Å². The van der Waals surface area contributed by atoms with E-state index >= 15 is 0 Å². The molecule has 0 aliphatic rings. The van der Waals surface area contributed by atoms with Crippen molar-refractivity contribution in [3.63, 3.8) is 0 Å². The molecule has 164 valence electrons. The molecule has 32 heavy (non-hydrogen) atoms. The summed E-state index contributed by atoms with van der Waals surface area (Å²) < 4.78 is 5.47. The van der Waals surface area contributed by atoms with E-state index in [9.17, 15) is 14.4 Å². The molecule has 0 unspecified atom stereocenters. The van der Waals surface area contributed by atoms with Gasteiger partial charge in [0.25, 0.3) is 11.8 Å². The predicted octanol–water partition coefficient (Wildman–Crippen LogP) is 3.93. The van der Waals surface area contributed by atoms with Crippen molar-refractivity contribution in [2.24, 2.45) is 0 Å². The summed E-state index contributed by atoms with van der Waals surface area (Å²) in [6.07, 6.45) is 1.20. The Bertz CT molecular complexity index is 1050. The number of nitrogens with one attached hydrogen (secondary N) is 3. The molecule has 3 aromatic carbocycles. The van der Waals surface area contributed by atoms with Gasteiger partial charge < -0.3 is 10.1 Å². The van der Waals surface area contributed by atoms with Gasteiger partial charge in [-0.15, -0.1) is 0 Å². The minimum atomic E-state index is -0.492. The number of benzene rings is 3. The lowest BCUT2D eigenvalue weighted by Crippen LogP contribution is -2.43. The summed E-state index contributed by atoms with van der Waals surface area (Å²) in [4.78, 5) is 35.8. The molecule has 0 spiro atoms. The Morgan fingerprint density at radius 1 is 0.750 bits per heavy atom. The zero-order valence-corrected chi connectivity index (χ0v) is 17.8. The average Bonchev–Trinajstić information content (AvgIpc) is 2.82. The van der Waals surface area contributed by atoms with E-state index in [4.69, 9.17) is 4.74 Å². The second-order valence-electron chi connectivity index (χ2n) is 7.06. The number of amides is 3. The number of anilines is 1. The summed E-state index contributed by atoms with van der Waals surface area (Å²) in [5, 5.41) is 2.75. The molecule has 0 bridgehead atoms. The predicted molar refractivity (Wildman–Crippen MR) is 123 cm³/mol. The number of ether oxygens (including phenoxy) is 1. The third kappa shape index (κ3) is 6.70. The van der Waals surface area contributed by atoms with Crippen LogP contribution < -0.4 is 20.9 Å². The van der Waals surface area contributed by atoms with Crippen LogP contribution in [0.3, 0.4) is 0 Å². The molecule has 0 aliphatic carbocycles. The maximum atomic E-state index is 12.2. The average molecular weight is 431 g/mol. The smallest absolute Gasteiger partial charge is 0.276 e. The molecule has 0 fully saturated rings. The molecule has 7 heteroatoms. The molecule has 0 heterocycles. The summed E-state index contributed by atoms with van der Waals surface area (Å²) in [6, 6.07) is 23.7. The van der Waals surface area contributed by atoms with Gasteiger partial charge in [0.2, 0.25) is 5.91 Å². The van der Waals surface area contributed by atoms with Crippen molar-refractivity contribution in [2.45, 2.75) is 19.8 Å². The van der Waals surface area contributed by atoms with Gasteiger partial charge >= 0.3 is 0 Å². The van der Waals surface area contributed by atoms with E-state index < -0.39 is 11.8 Å². The minimum Gasteiger partial charge on any atom is -0.484 e. The number of hydrazine groups is 1. The maximum Gasteiger partial charge on any atom is 0.276 e. The van der Waals surface area contributed by atoms with Crippen molar-refractivity contribution < 1.29 is 19.1 Å². The minimum absolute atomic E-state index is 0.0772. The first-order chi connectivity index (χ1) is 15.5. The Morgan fingerprint density at radius 2 is 1.41 bits per heavy atom. The van der Waals surface area contributed by atoms with Crippen molar-refractivity contribution in [3.8, 4) is 16.9 Å². The fourth-order valence-corrected chi connectivity index (χ4v) is 2.91. The zero-order chi connectivity index (χ0) is 22.8. The highest BCUT2D eigenvalue weighted by Crippen LogP contribution is 2.21. The van der Waals surface area contributed by atoms with E-state index in [0.29, 0.717) is 23.4 Å².